The molecule has 0 fully saturated rings. The summed E-state index contributed by atoms with van der Waals surface area (Å²) in [6.07, 6.45) is 0.996. The lowest BCUT2D eigenvalue weighted by Gasteiger charge is -2.10. The molecule has 2 rings (SSSR count). The second-order valence-electron chi connectivity index (χ2n) is 4.81. The maximum atomic E-state index is 12.4. The quantitative estimate of drug-likeness (QED) is 0.680. The van der Waals surface area contributed by atoms with Gasteiger partial charge in [-0.25, -0.2) is 8.42 Å². The Hall–Kier alpha value is -1.09. The van der Waals surface area contributed by atoms with Crippen molar-refractivity contribution in [3.8, 4) is 5.75 Å². The summed E-state index contributed by atoms with van der Waals surface area (Å²) in [6, 6.07) is 8.13. The van der Waals surface area contributed by atoms with Crippen LogP contribution in [0.15, 0.2) is 50.7 Å². The minimum Gasteiger partial charge on any atom is -0.379 e. The SMILES string of the molecule is Cc1cc(OS(=O)(=O)c2cc(S(C)(=O)=O)ccc2Br)ccc1Cl. The van der Waals surface area contributed by atoms with Crippen molar-refractivity contribution < 1.29 is 21.0 Å². The van der Waals surface area contributed by atoms with E-state index in [1.54, 1.807) is 6.92 Å². The van der Waals surface area contributed by atoms with Gasteiger partial charge in [0.25, 0.3) is 0 Å². The van der Waals surface area contributed by atoms with Crippen LogP contribution in [0.2, 0.25) is 5.02 Å². The van der Waals surface area contributed by atoms with Gasteiger partial charge in [0.15, 0.2) is 9.84 Å². The average molecular weight is 440 g/mol. The highest BCUT2D eigenvalue weighted by Crippen LogP contribution is 2.29. The van der Waals surface area contributed by atoms with Crippen molar-refractivity contribution in [1.29, 1.82) is 0 Å². The van der Waals surface area contributed by atoms with Crippen LogP contribution in [-0.4, -0.2) is 23.1 Å². The molecule has 0 N–H and O–H groups in total. The van der Waals surface area contributed by atoms with E-state index in [1.807, 2.05) is 0 Å². The van der Waals surface area contributed by atoms with Gasteiger partial charge in [0, 0.05) is 15.8 Å². The van der Waals surface area contributed by atoms with Crippen LogP contribution in [0.1, 0.15) is 5.56 Å². The van der Waals surface area contributed by atoms with Crippen molar-refractivity contribution in [3.63, 3.8) is 0 Å². The molecule has 0 spiro atoms. The van der Waals surface area contributed by atoms with Crippen LogP contribution in [0.25, 0.3) is 0 Å². The van der Waals surface area contributed by atoms with E-state index in [-0.39, 0.29) is 20.0 Å². The van der Waals surface area contributed by atoms with E-state index in [0.717, 1.165) is 12.3 Å². The third kappa shape index (κ3) is 4.26. The molecular weight excluding hydrogens is 428 g/mol. The van der Waals surface area contributed by atoms with Gasteiger partial charge >= 0.3 is 10.1 Å². The summed E-state index contributed by atoms with van der Waals surface area (Å²) in [7, 11) is -7.76. The lowest BCUT2D eigenvalue weighted by Crippen LogP contribution is -2.11. The topological polar surface area (TPSA) is 77.5 Å². The van der Waals surface area contributed by atoms with E-state index < -0.39 is 20.0 Å². The Labute approximate surface area is 148 Å². The largest absolute Gasteiger partial charge is 0.379 e. The van der Waals surface area contributed by atoms with E-state index in [2.05, 4.69) is 15.9 Å². The molecule has 9 heteroatoms. The molecule has 0 unspecified atom stereocenters. The minimum atomic E-state index is -4.21. The van der Waals surface area contributed by atoms with Gasteiger partial charge < -0.3 is 4.18 Å². The van der Waals surface area contributed by atoms with Crippen LogP contribution < -0.4 is 4.18 Å². The summed E-state index contributed by atoms with van der Waals surface area (Å²) >= 11 is 8.98. The van der Waals surface area contributed by atoms with Gasteiger partial charge in [-0.2, -0.15) is 8.42 Å². The lowest BCUT2D eigenvalue weighted by atomic mass is 10.2. The molecule has 0 amide bonds. The zero-order valence-electron chi connectivity index (χ0n) is 12.1. The molecule has 2 aromatic carbocycles. The zero-order chi connectivity index (χ0) is 17.4. The lowest BCUT2D eigenvalue weighted by molar-refractivity contribution is 0.485. The van der Waals surface area contributed by atoms with Crippen LogP contribution in [-0.2, 0) is 20.0 Å². The van der Waals surface area contributed by atoms with Crippen molar-refractivity contribution in [2.75, 3.05) is 6.26 Å². The van der Waals surface area contributed by atoms with Crippen LogP contribution in [0.4, 0.5) is 0 Å². The summed E-state index contributed by atoms with van der Waals surface area (Å²) in [5.74, 6) is 0.0866. The van der Waals surface area contributed by atoms with Crippen LogP contribution in [0.5, 0.6) is 5.75 Å². The van der Waals surface area contributed by atoms with Crippen molar-refractivity contribution >= 4 is 47.5 Å². The second kappa shape index (κ2) is 6.43. The molecule has 0 atom stereocenters. The summed E-state index contributed by atoms with van der Waals surface area (Å²) in [4.78, 5) is -0.386. The number of hydrogen-bond acceptors (Lipinski definition) is 5. The van der Waals surface area contributed by atoms with Crippen LogP contribution in [0.3, 0.4) is 0 Å². The summed E-state index contributed by atoms with van der Waals surface area (Å²) in [5.41, 5.74) is 0.656. The number of rotatable bonds is 4. The standard InChI is InChI=1S/C14H12BrClO5S2/c1-9-7-10(3-6-13(9)16)21-23(19,20)14-8-11(22(2,17)18)4-5-12(14)15/h3-8H,1-2H3. The molecular formula is C14H12BrClO5S2. The Bertz CT molecular complexity index is 969. The maximum Gasteiger partial charge on any atom is 0.340 e. The molecule has 0 aliphatic rings. The van der Waals surface area contributed by atoms with E-state index in [4.69, 9.17) is 15.8 Å². The molecule has 0 aliphatic heterocycles. The molecule has 0 bridgehead atoms. The van der Waals surface area contributed by atoms with Crippen molar-refractivity contribution in [2.45, 2.75) is 16.7 Å². The van der Waals surface area contributed by atoms with Crippen molar-refractivity contribution in [1.82, 2.24) is 0 Å². The fourth-order valence-corrected chi connectivity index (χ4v) is 4.45. The summed E-state index contributed by atoms with van der Waals surface area (Å²) in [6.45, 7) is 1.71. The highest BCUT2D eigenvalue weighted by Gasteiger charge is 2.23. The molecule has 2 aromatic rings. The van der Waals surface area contributed by atoms with E-state index >= 15 is 0 Å². The average Bonchev–Trinajstić information content (AvgIpc) is 2.41. The van der Waals surface area contributed by atoms with Crippen molar-refractivity contribution in [3.05, 3.63) is 51.5 Å². The second-order valence-corrected chi connectivity index (χ2v) is 9.60. The Kier molecular flexibility index (Phi) is 5.10. The maximum absolute atomic E-state index is 12.4. The molecule has 0 radical (unpaired) electrons. The molecule has 0 heterocycles. The third-order valence-electron chi connectivity index (χ3n) is 2.94. The van der Waals surface area contributed by atoms with Crippen LogP contribution >= 0.6 is 27.5 Å². The molecule has 0 saturated heterocycles. The molecule has 124 valence electrons. The molecule has 0 aliphatic carbocycles. The number of halogens is 2. The first-order valence-corrected chi connectivity index (χ1v) is 10.7. The predicted octanol–water partition coefficient (Wildman–Crippen LogP) is 3.58. The Balaban J connectivity index is 2.49. The minimum absolute atomic E-state index is 0.0866. The Morgan fingerprint density at radius 3 is 2.26 bits per heavy atom. The first kappa shape index (κ1) is 18.3. The predicted molar refractivity (Wildman–Crippen MR) is 91.3 cm³/mol. The molecule has 23 heavy (non-hydrogen) atoms. The normalized spacial score (nSPS) is 12.2. The highest BCUT2D eigenvalue weighted by atomic mass is 79.9. The Morgan fingerprint density at radius 2 is 1.70 bits per heavy atom. The summed E-state index contributed by atoms with van der Waals surface area (Å²) in [5, 5.41) is 0.481. The van der Waals surface area contributed by atoms with Gasteiger partial charge in [0.2, 0.25) is 0 Å². The van der Waals surface area contributed by atoms with Crippen LogP contribution in [0, 0.1) is 6.92 Å². The van der Waals surface area contributed by atoms with Gasteiger partial charge in [-0.1, -0.05) is 11.6 Å². The first-order valence-electron chi connectivity index (χ1n) is 6.21. The number of sulfone groups is 1. The summed E-state index contributed by atoms with van der Waals surface area (Å²) < 4.78 is 53.3. The van der Waals surface area contributed by atoms with E-state index in [0.29, 0.717) is 10.6 Å². The Morgan fingerprint density at radius 1 is 1.04 bits per heavy atom. The van der Waals surface area contributed by atoms with Gasteiger partial charge in [0.05, 0.1) is 4.90 Å². The fraction of sp³-hybridized carbons (Fsp3) is 0.143. The van der Waals surface area contributed by atoms with E-state index in [9.17, 15) is 16.8 Å². The van der Waals surface area contributed by atoms with Crippen molar-refractivity contribution in [2.24, 2.45) is 0 Å². The first-order chi connectivity index (χ1) is 10.5. The third-order valence-corrected chi connectivity index (χ3v) is 6.71. The monoisotopic (exact) mass is 438 g/mol. The van der Waals surface area contributed by atoms with Gasteiger partial charge in [-0.15, -0.1) is 0 Å². The van der Waals surface area contributed by atoms with Gasteiger partial charge in [-0.3, -0.25) is 0 Å². The smallest absolute Gasteiger partial charge is 0.340 e. The molecule has 0 aromatic heterocycles. The van der Waals surface area contributed by atoms with Gasteiger partial charge in [-0.05, 0) is 64.8 Å². The number of benzene rings is 2. The highest BCUT2D eigenvalue weighted by molar-refractivity contribution is 9.10. The zero-order valence-corrected chi connectivity index (χ0v) is 16.1. The molecule has 0 saturated carbocycles. The number of hydrogen-bond donors (Lipinski definition) is 0. The fourth-order valence-electron chi connectivity index (χ4n) is 1.75. The van der Waals surface area contributed by atoms with E-state index in [1.165, 1.54) is 30.3 Å². The number of aryl methyl sites for hydroxylation is 1. The molecule has 5 nitrogen and oxygen atoms in total. The van der Waals surface area contributed by atoms with Gasteiger partial charge in [0.1, 0.15) is 10.6 Å².